The Hall–Kier alpha value is -0.357. The minimum absolute atomic E-state index is 0. The molecule has 11 heavy (non-hydrogen) atoms. The van der Waals surface area contributed by atoms with Gasteiger partial charge in [0.1, 0.15) is 0 Å². The van der Waals surface area contributed by atoms with Gasteiger partial charge in [-0.05, 0) is 17.2 Å². The average Bonchev–Trinajstić information content (AvgIpc) is 2.27. The summed E-state index contributed by atoms with van der Waals surface area (Å²) in [6.07, 6.45) is 2.52. The number of aliphatic hydroxyl groups is 1. The van der Waals surface area contributed by atoms with Crippen molar-refractivity contribution >= 4 is 6.08 Å². The molecule has 0 unspecified atom stereocenters. The summed E-state index contributed by atoms with van der Waals surface area (Å²) in [6, 6.07) is 8.02. The second-order valence-corrected chi connectivity index (χ2v) is 2.51. The van der Waals surface area contributed by atoms with Crippen molar-refractivity contribution in [1.29, 1.82) is 0 Å². The summed E-state index contributed by atoms with van der Waals surface area (Å²) in [4.78, 5) is 0. The molecule has 1 nitrogen and oxygen atoms in total. The van der Waals surface area contributed by atoms with Crippen molar-refractivity contribution in [1.82, 2.24) is 0 Å². The Kier molecular flexibility index (Phi) is 2.67. The van der Waals surface area contributed by atoms with Gasteiger partial charge < -0.3 is 5.11 Å². The van der Waals surface area contributed by atoms with Crippen molar-refractivity contribution in [2.24, 2.45) is 0 Å². The van der Waals surface area contributed by atoms with E-state index in [4.69, 9.17) is 5.11 Å². The van der Waals surface area contributed by atoms with Crippen LogP contribution in [0, 0.1) is 0 Å². The zero-order valence-corrected chi connectivity index (χ0v) is 8.50. The SMILES string of the molecule is OC1=Cc2ccccc2C1.[Zr]. The van der Waals surface area contributed by atoms with Gasteiger partial charge in [0.25, 0.3) is 0 Å². The molecule has 1 aromatic carbocycles. The van der Waals surface area contributed by atoms with Gasteiger partial charge in [-0.15, -0.1) is 0 Å². The molecule has 0 saturated heterocycles. The van der Waals surface area contributed by atoms with Crippen LogP contribution in [0.5, 0.6) is 0 Å². The first kappa shape index (κ1) is 8.74. The van der Waals surface area contributed by atoms with Crippen LogP contribution in [0.25, 0.3) is 6.08 Å². The third-order valence-corrected chi connectivity index (χ3v) is 1.75. The van der Waals surface area contributed by atoms with Crippen LogP contribution in [0.2, 0.25) is 0 Å². The molecule has 0 aliphatic heterocycles. The summed E-state index contributed by atoms with van der Waals surface area (Å²) in [7, 11) is 0. The molecular weight excluding hydrogens is 215 g/mol. The van der Waals surface area contributed by atoms with Crippen molar-refractivity contribution in [2.45, 2.75) is 6.42 Å². The molecule has 1 N–H and O–H groups in total. The normalized spacial score (nSPS) is 13.3. The van der Waals surface area contributed by atoms with Gasteiger partial charge in [-0.3, -0.25) is 0 Å². The maximum Gasteiger partial charge on any atom is 0.0972 e. The zero-order chi connectivity index (χ0) is 6.97. The number of hydrogen-bond acceptors (Lipinski definition) is 1. The molecule has 2 heteroatoms. The fourth-order valence-electron chi connectivity index (χ4n) is 1.26. The summed E-state index contributed by atoms with van der Waals surface area (Å²) in [5.74, 6) is 0.473. The monoisotopic (exact) mass is 222 g/mol. The molecule has 1 aliphatic rings. The minimum atomic E-state index is 0. The van der Waals surface area contributed by atoms with Gasteiger partial charge >= 0.3 is 0 Å². The van der Waals surface area contributed by atoms with E-state index >= 15 is 0 Å². The zero-order valence-electron chi connectivity index (χ0n) is 6.04. The second kappa shape index (κ2) is 3.36. The van der Waals surface area contributed by atoms with Crippen LogP contribution in [0.4, 0.5) is 0 Å². The van der Waals surface area contributed by atoms with Crippen LogP contribution in [0.1, 0.15) is 11.1 Å². The van der Waals surface area contributed by atoms with Gasteiger partial charge in [0.15, 0.2) is 0 Å². The molecule has 2 rings (SSSR count). The quantitative estimate of drug-likeness (QED) is 0.714. The molecule has 0 aromatic heterocycles. The second-order valence-electron chi connectivity index (χ2n) is 2.51. The Morgan fingerprint density at radius 1 is 1.18 bits per heavy atom. The third kappa shape index (κ3) is 1.62. The number of allylic oxidation sites excluding steroid dienone is 1. The summed E-state index contributed by atoms with van der Waals surface area (Å²) in [6.45, 7) is 0. The Morgan fingerprint density at radius 2 is 1.91 bits per heavy atom. The van der Waals surface area contributed by atoms with E-state index in [1.807, 2.05) is 30.3 Å². The van der Waals surface area contributed by atoms with Gasteiger partial charge in [0.2, 0.25) is 0 Å². The van der Waals surface area contributed by atoms with Crippen LogP contribution < -0.4 is 0 Å². The summed E-state index contributed by atoms with van der Waals surface area (Å²) >= 11 is 0. The van der Waals surface area contributed by atoms with E-state index in [1.165, 1.54) is 5.56 Å². The molecule has 0 spiro atoms. The third-order valence-electron chi connectivity index (χ3n) is 1.75. The maximum absolute atomic E-state index is 9.11. The van der Waals surface area contributed by atoms with E-state index in [0.717, 1.165) is 5.56 Å². The van der Waals surface area contributed by atoms with Gasteiger partial charge in [0.05, 0.1) is 5.76 Å². The molecule has 0 amide bonds. The largest absolute Gasteiger partial charge is 0.512 e. The standard InChI is InChI=1S/C9H8O.Zr/c10-9-5-7-3-1-2-4-8(7)6-9;/h1-5,10H,6H2;. The van der Waals surface area contributed by atoms with E-state index in [1.54, 1.807) is 0 Å². The molecule has 0 bridgehead atoms. The van der Waals surface area contributed by atoms with E-state index in [2.05, 4.69) is 0 Å². The molecule has 0 fully saturated rings. The predicted molar refractivity (Wildman–Crippen MR) is 40.8 cm³/mol. The fourth-order valence-corrected chi connectivity index (χ4v) is 1.26. The molecule has 0 heterocycles. The Labute approximate surface area is 84.9 Å². The van der Waals surface area contributed by atoms with Crippen molar-refractivity contribution in [3.8, 4) is 0 Å². The van der Waals surface area contributed by atoms with Crippen LogP contribution in [0.15, 0.2) is 30.0 Å². The number of fused-ring (bicyclic) bond motifs is 1. The summed E-state index contributed by atoms with van der Waals surface area (Å²) in [5.41, 5.74) is 2.38. The predicted octanol–water partition coefficient (Wildman–Crippen LogP) is 2.14. The molecule has 0 atom stereocenters. The number of hydrogen-bond donors (Lipinski definition) is 1. The van der Waals surface area contributed by atoms with Gasteiger partial charge in [-0.25, -0.2) is 0 Å². The molecule has 54 valence electrons. The first-order valence-corrected chi connectivity index (χ1v) is 3.34. The summed E-state index contributed by atoms with van der Waals surface area (Å²) in [5, 5.41) is 9.11. The van der Waals surface area contributed by atoms with Crippen LogP contribution >= 0.6 is 0 Å². The van der Waals surface area contributed by atoms with Crippen molar-refractivity contribution in [3.05, 3.63) is 41.2 Å². The van der Waals surface area contributed by atoms with Gasteiger partial charge in [-0.2, -0.15) is 0 Å². The van der Waals surface area contributed by atoms with Gasteiger partial charge in [-0.1, -0.05) is 24.3 Å². The Morgan fingerprint density at radius 3 is 2.64 bits per heavy atom. The fraction of sp³-hybridized carbons (Fsp3) is 0.111. The van der Waals surface area contributed by atoms with Crippen LogP contribution in [0.3, 0.4) is 0 Å². The number of rotatable bonds is 0. The van der Waals surface area contributed by atoms with Crippen molar-refractivity contribution in [2.75, 3.05) is 0 Å². The van der Waals surface area contributed by atoms with E-state index in [-0.39, 0.29) is 26.2 Å². The van der Waals surface area contributed by atoms with Gasteiger partial charge in [0, 0.05) is 32.6 Å². The smallest absolute Gasteiger partial charge is 0.0972 e. The molecule has 0 radical (unpaired) electrons. The average molecular weight is 223 g/mol. The number of aliphatic hydroxyl groups excluding tert-OH is 1. The minimum Gasteiger partial charge on any atom is -0.512 e. The van der Waals surface area contributed by atoms with Crippen molar-refractivity contribution in [3.63, 3.8) is 0 Å². The van der Waals surface area contributed by atoms with Crippen LogP contribution in [-0.4, -0.2) is 5.11 Å². The Balaban J connectivity index is 0.000000605. The molecule has 0 saturated carbocycles. The molecule has 1 aromatic rings. The summed E-state index contributed by atoms with van der Waals surface area (Å²) < 4.78 is 0. The van der Waals surface area contributed by atoms with Crippen molar-refractivity contribution < 1.29 is 31.3 Å². The first-order chi connectivity index (χ1) is 4.86. The topological polar surface area (TPSA) is 20.2 Å². The molecular formula is C9H8OZr. The van der Waals surface area contributed by atoms with E-state index < -0.39 is 0 Å². The maximum atomic E-state index is 9.11. The van der Waals surface area contributed by atoms with Crippen LogP contribution in [-0.2, 0) is 32.6 Å². The van der Waals surface area contributed by atoms with E-state index in [0.29, 0.717) is 12.2 Å². The first-order valence-electron chi connectivity index (χ1n) is 3.34. The number of benzene rings is 1. The Bertz CT molecular complexity index is 291. The molecule has 1 aliphatic carbocycles. The van der Waals surface area contributed by atoms with E-state index in [9.17, 15) is 0 Å².